The van der Waals surface area contributed by atoms with E-state index in [1.54, 1.807) is 6.07 Å². The highest BCUT2D eigenvalue weighted by Crippen LogP contribution is 2.49. The molecule has 0 radical (unpaired) electrons. The van der Waals surface area contributed by atoms with Crippen molar-refractivity contribution in [1.29, 1.82) is 0 Å². The molecule has 4 atom stereocenters. The fraction of sp³-hybridized carbons (Fsp3) is 0.650. The molecule has 148 valence electrons. The maximum Gasteiger partial charge on any atom is 0.221 e. The van der Waals surface area contributed by atoms with Crippen LogP contribution in [0.25, 0.3) is 0 Å². The molecule has 1 aromatic carbocycles. The van der Waals surface area contributed by atoms with E-state index in [1.165, 1.54) is 37.8 Å². The van der Waals surface area contributed by atoms with E-state index >= 15 is 0 Å². The normalized spacial score (nSPS) is 27.4. The van der Waals surface area contributed by atoms with Gasteiger partial charge in [0.05, 0.1) is 10.6 Å². The van der Waals surface area contributed by atoms with Gasteiger partial charge in [-0.2, -0.15) is 0 Å². The van der Waals surface area contributed by atoms with Gasteiger partial charge in [0.1, 0.15) is 13.2 Å². The molecule has 7 heteroatoms. The Morgan fingerprint density at radius 3 is 2.67 bits per heavy atom. The molecule has 2 aliphatic carbocycles. The van der Waals surface area contributed by atoms with Crippen molar-refractivity contribution in [3.8, 4) is 11.5 Å². The van der Waals surface area contributed by atoms with Gasteiger partial charge in [0.15, 0.2) is 21.3 Å². The van der Waals surface area contributed by atoms with Crippen LogP contribution in [0.3, 0.4) is 0 Å². The van der Waals surface area contributed by atoms with Gasteiger partial charge in [-0.15, -0.1) is 0 Å². The molecule has 6 nitrogen and oxygen atoms in total. The molecule has 0 saturated heterocycles. The highest BCUT2D eigenvalue weighted by molar-refractivity contribution is 7.91. The maximum atomic E-state index is 12.6. The SMILES string of the molecule is C[C@@H](NC(=O)CCS(=O)(=O)c1ccc2c(c1)OCCO2)[C@@H]1C[C@H]2CC[C@H]1C2. The summed E-state index contributed by atoms with van der Waals surface area (Å²) in [6.45, 7) is 2.92. The zero-order chi connectivity index (χ0) is 19.0. The third kappa shape index (κ3) is 3.93. The van der Waals surface area contributed by atoms with Crippen LogP contribution in [0.2, 0.25) is 0 Å². The topological polar surface area (TPSA) is 81.7 Å². The van der Waals surface area contributed by atoms with Gasteiger partial charge < -0.3 is 14.8 Å². The standard InChI is InChI=1S/C20H27NO5S/c1-13(17-11-14-2-3-15(17)10-14)21-20(22)6-9-27(23,24)16-4-5-18-19(12-16)26-8-7-25-18/h4-5,12-15,17H,2-3,6-11H2,1H3,(H,21,22)/t13-,14+,15+,17+/m1/s1. The van der Waals surface area contributed by atoms with Gasteiger partial charge in [0.25, 0.3) is 0 Å². The van der Waals surface area contributed by atoms with Crippen molar-refractivity contribution in [1.82, 2.24) is 5.32 Å². The van der Waals surface area contributed by atoms with Crippen molar-refractivity contribution in [3.63, 3.8) is 0 Å². The first kappa shape index (κ1) is 18.6. The Hall–Kier alpha value is -1.76. The molecule has 0 unspecified atom stereocenters. The van der Waals surface area contributed by atoms with Crippen LogP contribution in [0.4, 0.5) is 0 Å². The number of amides is 1. The van der Waals surface area contributed by atoms with Crippen LogP contribution in [-0.2, 0) is 14.6 Å². The molecule has 1 aromatic rings. The Kier molecular flexibility index (Phi) is 5.05. The summed E-state index contributed by atoms with van der Waals surface area (Å²) >= 11 is 0. The second-order valence-electron chi connectivity index (χ2n) is 8.07. The summed E-state index contributed by atoms with van der Waals surface area (Å²) < 4.78 is 36.1. The Balaban J connectivity index is 1.32. The van der Waals surface area contributed by atoms with E-state index in [2.05, 4.69) is 12.2 Å². The van der Waals surface area contributed by atoms with Crippen LogP contribution in [0.1, 0.15) is 39.0 Å². The monoisotopic (exact) mass is 393 g/mol. The first-order valence-corrected chi connectivity index (χ1v) is 11.5. The number of fused-ring (bicyclic) bond motifs is 3. The molecule has 0 spiro atoms. The smallest absolute Gasteiger partial charge is 0.221 e. The van der Waals surface area contributed by atoms with Gasteiger partial charge in [-0.25, -0.2) is 8.42 Å². The van der Waals surface area contributed by atoms with E-state index in [1.807, 2.05) is 0 Å². The molecule has 1 heterocycles. The lowest BCUT2D eigenvalue weighted by Gasteiger charge is -2.28. The second-order valence-corrected chi connectivity index (χ2v) is 10.2. The predicted octanol–water partition coefficient (Wildman–Crippen LogP) is 2.56. The van der Waals surface area contributed by atoms with Crippen molar-refractivity contribution in [2.24, 2.45) is 17.8 Å². The lowest BCUT2D eigenvalue weighted by atomic mass is 9.84. The molecule has 2 fully saturated rings. The Morgan fingerprint density at radius 2 is 1.96 bits per heavy atom. The van der Waals surface area contributed by atoms with Gasteiger partial charge >= 0.3 is 0 Å². The average molecular weight is 394 g/mol. The van der Waals surface area contributed by atoms with Crippen molar-refractivity contribution >= 4 is 15.7 Å². The molecular weight excluding hydrogens is 366 g/mol. The molecule has 1 N–H and O–H groups in total. The van der Waals surface area contributed by atoms with Crippen LogP contribution in [0, 0.1) is 17.8 Å². The van der Waals surface area contributed by atoms with Crippen LogP contribution in [-0.4, -0.2) is 39.3 Å². The first-order valence-electron chi connectivity index (χ1n) is 9.84. The number of hydrogen-bond acceptors (Lipinski definition) is 5. The number of ether oxygens (including phenoxy) is 2. The van der Waals surface area contributed by atoms with Crippen LogP contribution >= 0.6 is 0 Å². The number of hydrogen-bond donors (Lipinski definition) is 1. The highest BCUT2D eigenvalue weighted by atomic mass is 32.2. The predicted molar refractivity (Wildman–Crippen MR) is 101 cm³/mol. The zero-order valence-electron chi connectivity index (χ0n) is 15.6. The average Bonchev–Trinajstić information content (AvgIpc) is 3.29. The van der Waals surface area contributed by atoms with E-state index in [0.29, 0.717) is 30.6 Å². The molecule has 27 heavy (non-hydrogen) atoms. The number of nitrogens with one attached hydrogen (secondary N) is 1. The van der Waals surface area contributed by atoms with Gasteiger partial charge in [-0.3, -0.25) is 4.79 Å². The molecule has 3 aliphatic rings. The summed E-state index contributed by atoms with van der Waals surface area (Å²) in [4.78, 5) is 12.5. The largest absolute Gasteiger partial charge is 0.486 e. The summed E-state index contributed by atoms with van der Waals surface area (Å²) in [6, 6.07) is 4.72. The van der Waals surface area contributed by atoms with Gasteiger partial charge in [0, 0.05) is 18.5 Å². The minimum atomic E-state index is -3.55. The Morgan fingerprint density at radius 1 is 1.19 bits per heavy atom. The van der Waals surface area contributed by atoms with E-state index in [4.69, 9.17) is 9.47 Å². The fourth-order valence-corrected chi connectivity index (χ4v) is 6.15. The molecule has 4 rings (SSSR count). The summed E-state index contributed by atoms with van der Waals surface area (Å²) in [7, 11) is -3.55. The van der Waals surface area contributed by atoms with E-state index in [9.17, 15) is 13.2 Å². The zero-order valence-corrected chi connectivity index (χ0v) is 16.5. The lowest BCUT2D eigenvalue weighted by molar-refractivity contribution is -0.121. The summed E-state index contributed by atoms with van der Waals surface area (Å²) in [5.41, 5.74) is 0. The second kappa shape index (κ2) is 7.34. The minimum Gasteiger partial charge on any atom is -0.486 e. The number of carbonyl (C=O) groups is 1. The fourth-order valence-electron chi connectivity index (χ4n) is 4.90. The number of carbonyl (C=O) groups excluding carboxylic acids is 1. The number of sulfone groups is 1. The van der Waals surface area contributed by atoms with E-state index in [0.717, 1.165) is 11.8 Å². The summed E-state index contributed by atoms with van der Waals surface area (Å²) in [6.07, 6.45) is 5.07. The minimum absolute atomic E-state index is 0.0259. The first-order chi connectivity index (χ1) is 12.9. The van der Waals surface area contributed by atoms with Gasteiger partial charge in [-0.05, 0) is 56.1 Å². The Labute approximate surface area is 160 Å². The van der Waals surface area contributed by atoms with Gasteiger partial charge in [-0.1, -0.05) is 6.42 Å². The number of rotatable bonds is 6. The number of benzene rings is 1. The van der Waals surface area contributed by atoms with Crippen molar-refractivity contribution in [2.45, 2.75) is 50.0 Å². The molecule has 2 bridgehead atoms. The van der Waals surface area contributed by atoms with E-state index < -0.39 is 9.84 Å². The molecule has 1 aliphatic heterocycles. The molecule has 1 amide bonds. The Bertz CT molecular complexity index is 822. The van der Waals surface area contributed by atoms with Crippen LogP contribution in [0.15, 0.2) is 23.1 Å². The van der Waals surface area contributed by atoms with Crippen LogP contribution in [0.5, 0.6) is 11.5 Å². The van der Waals surface area contributed by atoms with E-state index in [-0.39, 0.29) is 29.0 Å². The summed E-state index contributed by atoms with van der Waals surface area (Å²) in [5, 5.41) is 3.03. The molecule has 0 aromatic heterocycles. The maximum absolute atomic E-state index is 12.6. The van der Waals surface area contributed by atoms with Gasteiger partial charge in [0.2, 0.25) is 5.91 Å². The third-order valence-corrected chi connectivity index (χ3v) is 8.01. The third-order valence-electron chi connectivity index (χ3n) is 6.29. The lowest BCUT2D eigenvalue weighted by Crippen LogP contribution is -2.40. The van der Waals surface area contributed by atoms with Crippen LogP contribution < -0.4 is 14.8 Å². The summed E-state index contributed by atoms with van der Waals surface area (Å²) in [5.74, 6) is 2.70. The highest BCUT2D eigenvalue weighted by Gasteiger charge is 2.42. The molecular formula is C20H27NO5S. The van der Waals surface area contributed by atoms with Crippen molar-refractivity contribution in [3.05, 3.63) is 18.2 Å². The van der Waals surface area contributed by atoms with Crippen molar-refractivity contribution < 1.29 is 22.7 Å². The quantitative estimate of drug-likeness (QED) is 0.803. The van der Waals surface area contributed by atoms with Crippen molar-refractivity contribution in [2.75, 3.05) is 19.0 Å². The molecule has 2 saturated carbocycles.